The van der Waals surface area contributed by atoms with E-state index in [0.29, 0.717) is 6.42 Å². The van der Waals surface area contributed by atoms with Crippen LogP contribution < -0.4 is 5.73 Å². The van der Waals surface area contributed by atoms with Crippen LogP contribution in [0.3, 0.4) is 0 Å². The summed E-state index contributed by atoms with van der Waals surface area (Å²) >= 11 is 0. The van der Waals surface area contributed by atoms with Crippen LogP contribution in [0.15, 0.2) is 60.8 Å². The van der Waals surface area contributed by atoms with Gasteiger partial charge in [0.05, 0.1) is 13.2 Å². The normalized spacial score (nSPS) is 14.4. The molecule has 0 aromatic heterocycles. The number of ether oxygens (including phenoxy) is 2. The van der Waals surface area contributed by atoms with E-state index in [1.165, 1.54) is 95.6 Å². The molecule has 310 valence electrons. The maximum Gasteiger partial charge on any atom is 0.472 e. The molecular weight excluding hydrogens is 709 g/mol. The van der Waals surface area contributed by atoms with Gasteiger partial charge in [-0.3, -0.25) is 18.6 Å². The van der Waals surface area contributed by atoms with E-state index in [-0.39, 0.29) is 6.42 Å². The molecule has 3 atom stereocenters. The van der Waals surface area contributed by atoms with Crippen LogP contribution in [0.2, 0.25) is 0 Å². The lowest BCUT2D eigenvalue weighted by Crippen LogP contribution is -2.34. The van der Waals surface area contributed by atoms with Crippen LogP contribution in [0.1, 0.15) is 155 Å². The largest absolute Gasteiger partial charge is 0.480 e. The first-order valence-electron chi connectivity index (χ1n) is 20.4. The van der Waals surface area contributed by atoms with Gasteiger partial charge in [0.25, 0.3) is 0 Å². The van der Waals surface area contributed by atoms with Crippen molar-refractivity contribution in [3.63, 3.8) is 0 Å². The molecule has 1 unspecified atom stereocenters. The molecule has 0 saturated carbocycles. The summed E-state index contributed by atoms with van der Waals surface area (Å²) < 4.78 is 32.4. The fourth-order valence-corrected chi connectivity index (χ4v) is 5.87. The third-order valence-corrected chi connectivity index (χ3v) is 9.30. The zero-order chi connectivity index (χ0) is 40.0. The summed E-state index contributed by atoms with van der Waals surface area (Å²) in [4.78, 5) is 45.7. The topological polar surface area (TPSA) is 172 Å². The summed E-state index contributed by atoms with van der Waals surface area (Å²) in [5.41, 5.74) is 5.31. The molecular formula is C42H72NO10P. The van der Waals surface area contributed by atoms with Gasteiger partial charge in [-0.2, -0.15) is 0 Å². The van der Waals surface area contributed by atoms with Gasteiger partial charge in [0.1, 0.15) is 12.6 Å². The van der Waals surface area contributed by atoms with Gasteiger partial charge >= 0.3 is 25.7 Å². The van der Waals surface area contributed by atoms with Gasteiger partial charge in [-0.05, 0) is 57.8 Å². The standard InChI is InChI=1S/C42H72NO10P/c1-3-5-7-9-11-13-15-17-19-21-23-25-27-29-31-33-40(44)50-35-38(36-51-54(48,49)52-37-39(43)42(46)47)53-41(45)34-32-30-28-26-24-22-20-18-16-14-12-10-8-6-4-2/h11,13,17,19,23,25,28,30,32,34,38-39H,3-10,12,14-16,18,20-22,24,26-27,29,31,33,35-37,43H2,1-2H3,(H,46,47)(H,48,49)/b13-11+,19-17+,25-23+,30-28+,34-32+/t38-,39+/m1/s1. The predicted molar refractivity (Wildman–Crippen MR) is 217 cm³/mol. The number of aliphatic carboxylic acids is 1. The van der Waals surface area contributed by atoms with Crippen molar-refractivity contribution < 1.29 is 47.5 Å². The highest BCUT2D eigenvalue weighted by Crippen LogP contribution is 2.43. The van der Waals surface area contributed by atoms with Crippen molar-refractivity contribution in [3.8, 4) is 0 Å². The molecule has 0 heterocycles. The molecule has 0 aliphatic heterocycles. The number of esters is 2. The van der Waals surface area contributed by atoms with Crippen LogP contribution in [-0.2, 0) is 37.5 Å². The van der Waals surface area contributed by atoms with Crippen molar-refractivity contribution in [2.45, 2.75) is 167 Å². The molecule has 0 fully saturated rings. The van der Waals surface area contributed by atoms with E-state index in [9.17, 15) is 23.8 Å². The van der Waals surface area contributed by atoms with Crippen LogP contribution in [0.25, 0.3) is 0 Å². The minimum atomic E-state index is -4.75. The summed E-state index contributed by atoms with van der Waals surface area (Å²) in [7, 11) is -4.75. The molecule has 11 nitrogen and oxygen atoms in total. The predicted octanol–water partition coefficient (Wildman–Crippen LogP) is 10.4. The van der Waals surface area contributed by atoms with Crippen LogP contribution in [0, 0.1) is 0 Å². The molecule has 4 N–H and O–H groups in total. The molecule has 0 rings (SSSR count). The van der Waals surface area contributed by atoms with Crippen molar-refractivity contribution in [3.05, 3.63) is 60.8 Å². The number of unbranched alkanes of at least 4 members (excludes halogenated alkanes) is 16. The highest BCUT2D eigenvalue weighted by Gasteiger charge is 2.27. The molecule has 0 aromatic carbocycles. The van der Waals surface area contributed by atoms with E-state index in [2.05, 4.69) is 54.8 Å². The smallest absolute Gasteiger partial charge is 0.472 e. The Kier molecular flexibility index (Phi) is 35.2. The Morgan fingerprint density at radius 2 is 1.11 bits per heavy atom. The number of carboxylic acid groups (broad SMARTS) is 1. The Morgan fingerprint density at radius 3 is 1.70 bits per heavy atom. The number of phosphoric ester groups is 1. The zero-order valence-corrected chi connectivity index (χ0v) is 34.2. The molecule has 0 bridgehead atoms. The summed E-state index contributed by atoms with van der Waals surface area (Å²) in [6, 6.07) is -1.54. The molecule has 12 heteroatoms. The van der Waals surface area contributed by atoms with Gasteiger partial charge in [-0.15, -0.1) is 0 Å². The zero-order valence-electron chi connectivity index (χ0n) is 33.3. The molecule has 0 aromatic rings. The van der Waals surface area contributed by atoms with E-state index < -0.39 is 57.7 Å². The van der Waals surface area contributed by atoms with Crippen molar-refractivity contribution in [2.75, 3.05) is 19.8 Å². The van der Waals surface area contributed by atoms with E-state index in [4.69, 9.17) is 24.8 Å². The molecule has 0 aliphatic carbocycles. The number of carbonyl (C=O) groups is 3. The number of allylic oxidation sites excluding steroid dienone is 9. The van der Waals surface area contributed by atoms with Gasteiger partial charge < -0.3 is 25.2 Å². The minimum Gasteiger partial charge on any atom is -0.480 e. The average molecular weight is 782 g/mol. The highest BCUT2D eigenvalue weighted by molar-refractivity contribution is 7.47. The molecule has 0 aliphatic rings. The SMILES string of the molecule is CCCCC/C=C/C/C=C/C/C=C/CCCCC(=O)OC[C@H](COP(=O)(O)OC[C@H](N)C(=O)O)OC(=O)/C=C/C=C/CCCCCCCCCCCCC. The fourth-order valence-electron chi connectivity index (χ4n) is 5.09. The Bertz CT molecular complexity index is 1150. The Morgan fingerprint density at radius 1 is 0.630 bits per heavy atom. The van der Waals surface area contributed by atoms with Gasteiger partial charge in [0.15, 0.2) is 6.10 Å². The summed E-state index contributed by atoms with van der Waals surface area (Å²) in [5, 5.41) is 8.86. The maximum atomic E-state index is 12.5. The van der Waals surface area contributed by atoms with Crippen molar-refractivity contribution >= 4 is 25.7 Å². The van der Waals surface area contributed by atoms with Gasteiger partial charge in [0.2, 0.25) is 0 Å². The minimum absolute atomic E-state index is 0.151. The highest BCUT2D eigenvalue weighted by atomic mass is 31.2. The van der Waals surface area contributed by atoms with E-state index in [0.717, 1.165) is 44.9 Å². The maximum absolute atomic E-state index is 12.5. The molecule has 0 radical (unpaired) electrons. The molecule has 54 heavy (non-hydrogen) atoms. The number of nitrogens with two attached hydrogens (primary N) is 1. The van der Waals surface area contributed by atoms with Crippen LogP contribution in [0.5, 0.6) is 0 Å². The first kappa shape index (κ1) is 51.2. The third kappa shape index (κ3) is 36.2. The number of hydrogen-bond donors (Lipinski definition) is 3. The quantitative estimate of drug-likeness (QED) is 0.0137. The van der Waals surface area contributed by atoms with Crippen molar-refractivity contribution in [1.82, 2.24) is 0 Å². The molecule has 0 saturated heterocycles. The summed E-state index contributed by atoms with van der Waals surface area (Å²) in [6.45, 7) is 2.60. The lowest BCUT2D eigenvalue weighted by molar-refractivity contribution is -0.157. The lowest BCUT2D eigenvalue weighted by atomic mass is 10.1. The average Bonchev–Trinajstić information content (AvgIpc) is 3.14. The third-order valence-electron chi connectivity index (χ3n) is 8.35. The number of carboxylic acids is 1. The van der Waals surface area contributed by atoms with Crippen LogP contribution >= 0.6 is 7.82 Å². The first-order valence-corrected chi connectivity index (χ1v) is 21.9. The van der Waals surface area contributed by atoms with E-state index in [1.54, 1.807) is 6.08 Å². The second-order valence-corrected chi connectivity index (χ2v) is 14.9. The summed E-state index contributed by atoms with van der Waals surface area (Å²) in [5.74, 6) is -2.70. The van der Waals surface area contributed by atoms with Crippen LogP contribution in [0.4, 0.5) is 0 Å². The first-order chi connectivity index (χ1) is 26.1. The number of rotatable bonds is 37. The Labute approximate surface area is 326 Å². The second kappa shape index (κ2) is 37.1. The van der Waals surface area contributed by atoms with E-state index >= 15 is 0 Å². The number of hydrogen-bond acceptors (Lipinski definition) is 9. The Hall–Kier alpha value is -2.82. The van der Waals surface area contributed by atoms with Crippen molar-refractivity contribution in [2.24, 2.45) is 5.73 Å². The molecule has 0 amide bonds. The van der Waals surface area contributed by atoms with Gasteiger partial charge in [-0.25, -0.2) is 9.36 Å². The fraction of sp³-hybridized carbons (Fsp3) is 0.690. The summed E-state index contributed by atoms with van der Waals surface area (Å²) in [6.07, 6.45) is 42.1. The van der Waals surface area contributed by atoms with Crippen LogP contribution in [-0.4, -0.2) is 59.9 Å². The second-order valence-electron chi connectivity index (χ2n) is 13.5. The molecule has 0 spiro atoms. The van der Waals surface area contributed by atoms with Gasteiger partial charge in [0, 0.05) is 12.5 Å². The lowest BCUT2D eigenvalue weighted by Gasteiger charge is -2.19. The number of carbonyl (C=O) groups excluding carboxylic acids is 2. The Balaban J connectivity index is 4.59. The van der Waals surface area contributed by atoms with Gasteiger partial charge in [-0.1, -0.05) is 146 Å². The van der Waals surface area contributed by atoms with Crippen molar-refractivity contribution in [1.29, 1.82) is 0 Å². The monoisotopic (exact) mass is 781 g/mol. The number of phosphoric acid groups is 1. The van der Waals surface area contributed by atoms with E-state index in [1.807, 2.05) is 6.08 Å².